The van der Waals surface area contributed by atoms with Gasteiger partial charge >= 0.3 is 0 Å². The molecule has 1 nitrogen and oxygen atoms in total. The normalized spacial score (nSPS) is 21.4. The second-order valence-electron chi connectivity index (χ2n) is 16.0. The number of likely N-dealkylation sites (N-methyl/N-ethyl adjacent to an activating group) is 1. The van der Waals surface area contributed by atoms with E-state index in [2.05, 4.69) is 158 Å². The molecule has 0 heterocycles. The third kappa shape index (κ3) is 4.10. The Morgan fingerprint density at radius 3 is 2.15 bits per heavy atom. The van der Waals surface area contributed by atoms with Gasteiger partial charge in [-0.1, -0.05) is 127 Å². The van der Waals surface area contributed by atoms with Crippen molar-refractivity contribution in [1.29, 1.82) is 0 Å². The Kier molecular flexibility index (Phi) is 6.52. The molecule has 0 aliphatic heterocycles. The fourth-order valence-electron chi connectivity index (χ4n) is 11.1. The van der Waals surface area contributed by atoms with Crippen LogP contribution in [-0.2, 0) is 0 Å². The van der Waals surface area contributed by atoms with Gasteiger partial charge in [0.2, 0.25) is 0 Å². The van der Waals surface area contributed by atoms with Crippen molar-refractivity contribution in [2.45, 2.75) is 38.5 Å². The van der Waals surface area contributed by atoms with E-state index in [1.807, 2.05) is 0 Å². The smallest absolute Gasteiger partial charge is 0.0362 e. The fourth-order valence-corrected chi connectivity index (χ4v) is 11.1. The summed E-state index contributed by atoms with van der Waals surface area (Å²) in [5, 5.41) is 5.59. The first kappa shape index (κ1) is 30.5. The summed E-state index contributed by atoms with van der Waals surface area (Å²) in [6.07, 6.45) is 31.0. The van der Waals surface area contributed by atoms with Crippen molar-refractivity contribution in [3.8, 4) is 22.3 Å². The molecule has 5 aromatic carbocycles. The van der Waals surface area contributed by atoms with Crippen molar-refractivity contribution < 1.29 is 0 Å². The van der Waals surface area contributed by atoms with Gasteiger partial charge in [0.15, 0.2) is 0 Å². The molecule has 0 N–H and O–H groups in total. The number of allylic oxidation sites excluding steroid dienone is 16. The molecule has 54 heavy (non-hydrogen) atoms. The van der Waals surface area contributed by atoms with Crippen LogP contribution >= 0.6 is 0 Å². The van der Waals surface area contributed by atoms with Crippen molar-refractivity contribution in [3.63, 3.8) is 0 Å². The summed E-state index contributed by atoms with van der Waals surface area (Å²) in [6.45, 7) is 0. The van der Waals surface area contributed by atoms with Gasteiger partial charge in [0.1, 0.15) is 0 Å². The topological polar surface area (TPSA) is 3.24 Å². The highest BCUT2D eigenvalue weighted by Gasteiger charge is 2.48. The molecule has 0 amide bonds. The van der Waals surface area contributed by atoms with E-state index in [0.717, 1.165) is 38.5 Å². The first-order valence-corrected chi connectivity index (χ1v) is 20.0. The van der Waals surface area contributed by atoms with Gasteiger partial charge in [0.05, 0.1) is 0 Å². The van der Waals surface area contributed by atoms with E-state index in [1.165, 1.54) is 111 Å². The van der Waals surface area contributed by atoms with Crippen molar-refractivity contribution in [1.82, 2.24) is 4.90 Å². The monoisotopic (exact) mass is 691 g/mol. The molecule has 0 spiro atoms. The minimum atomic E-state index is 0.242. The Balaban J connectivity index is 1.26. The Labute approximate surface area is 317 Å². The van der Waals surface area contributed by atoms with E-state index in [4.69, 9.17) is 0 Å². The van der Waals surface area contributed by atoms with Crippen LogP contribution in [0.3, 0.4) is 0 Å². The SMILES string of the molecule is CN(C1=CCCC=C1)C1=CC=C2c3c(c(-c4ccccc4)c4c(cc5c6c(cccc64)C4=C5CCC=C4)c3-c3ccccc3)C3=CC4=C(C=CCC4)C1C23. The number of rotatable bonds is 4. The average molecular weight is 692 g/mol. The van der Waals surface area contributed by atoms with Crippen LogP contribution in [0, 0.1) is 11.8 Å². The first-order chi connectivity index (χ1) is 26.8. The van der Waals surface area contributed by atoms with Crippen LogP contribution in [0.4, 0.5) is 0 Å². The summed E-state index contributed by atoms with van der Waals surface area (Å²) < 4.78 is 0. The summed E-state index contributed by atoms with van der Waals surface area (Å²) in [5.74, 6) is 0.492. The maximum absolute atomic E-state index is 2.64. The summed E-state index contributed by atoms with van der Waals surface area (Å²) in [6, 6.07) is 32.4. The van der Waals surface area contributed by atoms with Crippen LogP contribution in [0.15, 0.2) is 168 Å². The molecular weight excluding hydrogens is 651 g/mol. The maximum Gasteiger partial charge on any atom is 0.0362 e. The third-order valence-electron chi connectivity index (χ3n) is 13.3. The van der Waals surface area contributed by atoms with E-state index in [0.29, 0.717) is 0 Å². The van der Waals surface area contributed by atoms with E-state index in [9.17, 15) is 0 Å². The highest BCUT2D eigenvalue weighted by Crippen LogP contribution is 2.64. The Morgan fingerprint density at radius 1 is 0.574 bits per heavy atom. The van der Waals surface area contributed by atoms with Crippen LogP contribution in [0.2, 0.25) is 0 Å². The van der Waals surface area contributed by atoms with Crippen LogP contribution in [0.1, 0.15) is 60.8 Å². The minimum Gasteiger partial charge on any atom is -0.348 e. The minimum absolute atomic E-state index is 0.242. The molecule has 5 aromatic rings. The molecule has 0 aromatic heterocycles. The number of hydrogen-bond acceptors (Lipinski definition) is 1. The molecule has 0 fully saturated rings. The van der Waals surface area contributed by atoms with Gasteiger partial charge in [-0.05, 0) is 156 Å². The van der Waals surface area contributed by atoms with Gasteiger partial charge in [-0.25, -0.2) is 0 Å². The van der Waals surface area contributed by atoms with Crippen LogP contribution < -0.4 is 0 Å². The number of benzene rings is 5. The van der Waals surface area contributed by atoms with Crippen LogP contribution in [-0.4, -0.2) is 11.9 Å². The molecule has 0 bridgehead atoms. The lowest BCUT2D eigenvalue weighted by Crippen LogP contribution is -2.32. The number of nitrogens with zero attached hydrogens (tertiary/aromatic N) is 1. The zero-order valence-electron chi connectivity index (χ0n) is 30.7. The summed E-state index contributed by atoms with van der Waals surface area (Å²) >= 11 is 0. The maximum atomic E-state index is 2.64. The largest absolute Gasteiger partial charge is 0.348 e. The average Bonchev–Trinajstić information content (AvgIpc) is 3.74. The van der Waals surface area contributed by atoms with Gasteiger partial charge in [0.25, 0.3) is 0 Å². The van der Waals surface area contributed by atoms with Gasteiger partial charge in [-0.2, -0.15) is 0 Å². The van der Waals surface area contributed by atoms with E-state index < -0.39 is 0 Å². The lowest BCUT2D eigenvalue weighted by molar-refractivity contribution is 0.433. The lowest BCUT2D eigenvalue weighted by atomic mass is 9.67. The molecular formula is C53H41N. The molecule has 0 saturated heterocycles. The Hall–Kier alpha value is -5.92. The molecule has 1 heteroatoms. The zero-order chi connectivity index (χ0) is 35.5. The zero-order valence-corrected chi connectivity index (χ0v) is 30.7. The summed E-state index contributed by atoms with van der Waals surface area (Å²) in [7, 11) is 2.30. The molecule has 0 radical (unpaired) electrons. The second-order valence-corrected chi connectivity index (χ2v) is 16.0. The molecule has 2 unspecified atom stereocenters. The van der Waals surface area contributed by atoms with Gasteiger partial charge in [-0.3, -0.25) is 0 Å². The highest BCUT2D eigenvalue weighted by atomic mass is 15.1. The number of fused-ring (bicyclic) bond motifs is 8. The van der Waals surface area contributed by atoms with Gasteiger partial charge in [0, 0.05) is 30.3 Å². The predicted octanol–water partition coefficient (Wildman–Crippen LogP) is 13.6. The van der Waals surface area contributed by atoms with Crippen molar-refractivity contribution in [2.24, 2.45) is 11.8 Å². The highest BCUT2D eigenvalue weighted by molar-refractivity contribution is 6.30. The lowest BCUT2D eigenvalue weighted by Gasteiger charge is -2.41. The van der Waals surface area contributed by atoms with E-state index in [-0.39, 0.29) is 11.8 Å². The predicted molar refractivity (Wildman–Crippen MR) is 228 cm³/mol. The van der Waals surface area contributed by atoms with E-state index in [1.54, 1.807) is 0 Å². The molecule has 2 atom stereocenters. The molecule has 7 aliphatic carbocycles. The van der Waals surface area contributed by atoms with Crippen molar-refractivity contribution >= 4 is 43.8 Å². The molecule has 258 valence electrons. The Bertz CT molecular complexity index is 2800. The quantitative estimate of drug-likeness (QED) is 0.170. The fraction of sp³-hybridized carbons (Fsp3) is 0.170. The standard InChI is InChI=1S/C53H41N/c1-54(35-21-9-4-10-22-35)45-29-28-41-50-43(30-34-20-11-12-23-36(34)51(45)50)53-47(33-18-7-3-8-19-33)49-40-27-15-26-39-37-24-13-14-25-38(37)42(48(39)40)31-44(49)46(52(41)53)32-16-5-2-6-17-32/h2-3,5-9,12-13,15-19,21-24,26-31,50-51H,4,10-11,14,20,25H2,1H3. The number of hydrogen-bond donors (Lipinski definition) is 0. The Morgan fingerprint density at radius 2 is 1.33 bits per heavy atom. The summed E-state index contributed by atoms with van der Waals surface area (Å²) in [4.78, 5) is 2.50. The van der Waals surface area contributed by atoms with Gasteiger partial charge < -0.3 is 4.90 Å². The van der Waals surface area contributed by atoms with Gasteiger partial charge in [-0.15, -0.1) is 0 Å². The molecule has 7 aliphatic rings. The second kappa shape index (κ2) is 11.5. The van der Waals surface area contributed by atoms with Crippen molar-refractivity contribution in [3.05, 3.63) is 190 Å². The van der Waals surface area contributed by atoms with E-state index >= 15 is 0 Å². The molecule has 0 saturated carbocycles. The summed E-state index contributed by atoms with van der Waals surface area (Å²) in [5.41, 5.74) is 22.8. The van der Waals surface area contributed by atoms with Crippen LogP contribution in [0.5, 0.6) is 0 Å². The molecule has 12 rings (SSSR count). The van der Waals surface area contributed by atoms with Crippen molar-refractivity contribution in [2.75, 3.05) is 7.05 Å². The first-order valence-electron chi connectivity index (χ1n) is 20.0. The van der Waals surface area contributed by atoms with Crippen LogP contribution in [0.25, 0.3) is 66.1 Å². The third-order valence-corrected chi connectivity index (χ3v) is 13.3.